The van der Waals surface area contributed by atoms with E-state index >= 15 is 0 Å². The van der Waals surface area contributed by atoms with Gasteiger partial charge in [-0.1, -0.05) is 42.6 Å². The smallest absolute Gasteiger partial charge is 0.246 e. The second-order valence-corrected chi connectivity index (χ2v) is 7.60. The van der Waals surface area contributed by atoms with Crippen LogP contribution in [-0.4, -0.2) is 47.8 Å². The number of hydrogen-bond donors (Lipinski definition) is 0. The Bertz CT molecular complexity index is 658. The Hall–Kier alpha value is -1.81. The highest BCUT2D eigenvalue weighted by atomic mass is 35.5. The lowest BCUT2D eigenvalue weighted by Gasteiger charge is -2.33. The van der Waals surface area contributed by atoms with Crippen molar-refractivity contribution in [3.05, 3.63) is 40.9 Å². The number of amides is 2. The van der Waals surface area contributed by atoms with Crippen molar-refractivity contribution in [1.82, 2.24) is 9.80 Å². The minimum absolute atomic E-state index is 0.00871. The zero-order chi connectivity index (χ0) is 18.4. The molecule has 0 N–H and O–H groups in total. The largest absolute Gasteiger partial charge is 0.342 e. The van der Waals surface area contributed by atoms with Crippen LogP contribution in [0.1, 0.15) is 44.1 Å². The van der Waals surface area contributed by atoms with E-state index in [1.807, 2.05) is 34.1 Å². The lowest BCUT2D eigenvalue weighted by Crippen LogP contribution is -2.44. The van der Waals surface area contributed by atoms with Crippen molar-refractivity contribution in [2.45, 2.75) is 38.5 Å². The van der Waals surface area contributed by atoms with Crippen molar-refractivity contribution in [2.24, 2.45) is 5.92 Å². The zero-order valence-electron chi connectivity index (χ0n) is 15.2. The molecule has 2 fully saturated rings. The van der Waals surface area contributed by atoms with Crippen LogP contribution in [-0.2, 0) is 9.59 Å². The van der Waals surface area contributed by atoms with Crippen molar-refractivity contribution in [3.8, 4) is 0 Å². The van der Waals surface area contributed by atoms with E-state index in [-0.39, 0.29) is 11.8 Å². The molecule has 1 aromatic carbocycles. The monoisotopic (exact) mass is 374 g/mol. The third-order valence-electron chi connectivity index (χ3n) is 5.38. The number of likely N-dealkylation sites (tertiary alicyclic amines) is 2. The molecule has 0 atom stereocenters. The maximum atomic E-state index is 12.7. The third-order valence-corrected chi connectivity index (χ3v) is 5.73. The van der Waals surface area contributed by atoms with Crippen LogP contribution in [0, 0.1) is 5.92 Å². The standard InChI is InChI=1S/C21H27ClN2O2/c22-19-8-4-3-7-17(19)9-10-20(25)23-15-11-18(12-16-23)21(26)24-13-5-1-2-6-14-24/h3-4,7-10,18H,1-2,5-6,11-16H2. The molecule has 0 saturated carbocycles. The van der Waals surface area contributed by atoms with Gasteiger partial charge in [-0.3, -0.25) is 9.59 Å². The van der Waals surface area contributed by atoms with E-state index in [9.17, 15) is 9.59 Å². The van der Waals surface area contributed by atoms with Crippen molar-refractivity contribution in [3.63, 3.8) is 0 Å². The lowest BCUT2D eigenvalue weighted by molar-refractivity contribution is -0.139. The van der Waals surface area contributed by atoms with E-state index in [1.54, 1.807) is 12.2 Å². The molecular weight excluding hydrogens is 348 g/mol. The van der Waals surface area contributed by atoms with Gasteiger partial charge in [0.1, 0.15) is 0 Å². The van der Waals surface area contributed by atoms with Gasteiger partial charge in [-0.15, -0.1) is 0 Å². The molecule has 0 bridgehead atoms. The number of hydrogen-bond acceptors (Lipinski definition) is 2. The SMILES string of the molecule is O=C(C=Cc1ccccc1Cl)N1CCC(C(=O)N2CCCCCC2)CC1. The number of carbonyl (C=O) groups is 2. The van der Waals surface area contributed by atoms with Crippen LogP contribution < -0.4 is 0 Å². The van der Waals surface area contributed by atoms with Crippen LogP contribution in [0.25, 0.3) is 6.08 Å². The quantitative estimate of drug-likeness (QED) is 0.750. The maximum absolute atomic E-state index is 12.7. The Balaban J connectivity index is 1.50. The molecule has 2 amide bonds. The molecular formula is C21H27ClN2O2. The predicted octanol–water partition coefficient (Wildman–Crippen LogP) is 3.99. The normalized spacial score (nSPS) is 19.6. The van der Waals surface area contributed by atoms with Gasteiger partial charge in [-0.25, -0.2) is 0 Å². The van der Waals surface area contributed by atoms with Crippen molar-refractivity contribution in [1.29, 1.82) is 0 Å². The fourth-order valence-corrected chi connectivity index (χ4v) is 3.97. The van der Waals surface area contributed by atoms with Crippen molar-refractivity contribution < 1.29 is 9.59 Å². The van der Waals surface area contributed by atoms with Gasteiger partial charge in [-0.2, -0.15) is 0 Å². The molecule has 4 nitrogen and oxygen atoms in total. The summed E-state index contributed by atoms with van der Waals surface area (Å²) in [6.45, 7) is 3.10. The van der Waals surface area contributed by atoms with Crippen molar-refractivity contribution >= 4 is 29.5 Å². The van der Waals surface area contributed by atoms with Crippen LogP contribution >= 0.6 is 11.6 Å². The second kappa shape index (κ2) is 9.22. The Morgan fingerprint density at radius 2 is 1.58 bits per heavy atom. The summed E-state index contributed by atoms with van der Waals surface area (Å²) in [6.07, 6.45) is 9.58. The molecule has 5 heteroatoms. The first-order valence-electron chi connectivity index (χ1n) is 9.65. The van der Waals surface area contributed by atoms with E-state index < -0.39 is 0 Å². The molecule has 140 valence electrons. The Labute approximate surface area is 160 Å². The minimum atomic E-state index is -0.00871. The van der Waals surface area contributed by atoms with Gasteiger partial charge < -0.3 is 9.80 Å². The molecule has 0 aromatic heterocycles. The summed E-state index contributed by atoms with van der Waals surface area (Å²) in [4.78, 5) is 29.0. The first kappa shape index (κ1) is 19.0. The van der Waals surface area contributed by atoms with E-state index in [2.05, 4.69) is 0 Å². The Morgan fingerprint density at radius 1 is 0.923 bits per heavy atom. The van der Waals surface area contributed by atoms with Crippen molar-refractivity contribution in [2.75, 3.05) is 26.2 Å². The minimum Gasteiger partial charge on any atom is -0.342 e. The second-order valence-electron chi connectivity index (χ2n) is 7.19. The average molecular weight is 375 g/mol. The molecule has 0 aliphatic carbocycles. The fraction of sp³-hybridized carbons (Fsp3) is 0.524. The average Bonchev–Trinajstić information content (AvgIpc) is 2.96. The van der Waals surface area contributed by atoms with Gasteiger partial charge in [0.15, 0.2) is 0 Å². The first-order valence-corrected chi connectivity index (χ1v) is 10.0. The molecule has 26 heavy (non-hydrogen) atoms. The number of rotatable bonds is 3. The molecule has 2 saturated heterocycles. The Kier molecular flexibility index (Phi) is 6.73. The summed E-state index contributed by atoms with van der Waals surface area (Å²) in [7, 11) is 0. The molecule has 2 heterocycles. The van der Waals surface area contributed by atoms with Gasteiger partial charge in [0.2, 0.25) is 11.8 Å². The number of nitrogens with zero attached hydrogens (tertiary/aromatic N) is 2. The molecule has 0 radical (unpaired) electrons. The van der Waals surface area contributed by atoms with Gasteiger partial charge in [-0.05, 0) is 43.4 Å². The zero-order valence-corrected chi connectivity index (χ0v) is 16.0. The van der Waals surface area contributed by atoms with Gasteiger partial charge in [0, 0.05) is 43.2 Å². The summed E-state index contributed by atoms with van der Waals surface area (Å²) >= 11 is 6.11. The maximum Gasteiger partial charge on any atom is 0.246 e. The fourth-order valence-electron chi connectivity index (χ4n) is 3.77. The van der Waals surface area contributed by atoms with E-state index in [1.165, 1.54) is 12.8 Å². The summed E-state index contributed by atoms with van der Waals surface area (Å²) in [5, 5.41) is 0.637. The van der Waals surface area contributed by atoms with E-state index in [0.29, 0.717) is 24.0 Å². The highest BCUT2D eigenvalue weighted by Gasteiger charge is 2.29. The van der Waals surface area contributed by atoms with Crippen LogP contribution in [0.5, 0.6) is 0 Å². The van der Waals surface area contributed by atoms with Gasteiger partial charge in [0.25, 0.3) is 0 Å². The molecule has 0 spiro atoms. The van der Waals surface area contributed by atoms with Gasteiger partial charge >= 0.3 is 0 Å². The lowest BCUT2D eigenvalue weighted by atomic mass is 9.95. The van der Waals surface area contributed by atoms with Crippen LogP contribution in [0.2, 0.25) is 5.02 Å². The number of halogens is 1. The summed E-state index contributed by atoms with van der Waals surface area (Å²) in [5.41, 5.74) is 0.841. The highest BCUT2D eigenvalue weighted by molar-refractivity contribution is 6.32. The molecule has 3 rings (SSSR count). The number of piperidine rings is 1. The molecule has 1 aromatic rings. The van der Waals surface area contributed by atoms with Crippen LogP contribution in [0.3, 0.4) is 0 Å². The molecule has 2 aliphatic heterocycles. The predicted molar refractivity (Wildman–Crippen MR) is 105 cm³/mol. The summed E-state index contributed by atoms with van der Waals surface area (Å²) < 4.78 is 0. The topological polar surface area (TPSA) is 40.6 Å². The number of benzene rings is 1. The Morgan fingerprint density at radius 3 is 2.23 bits per heavy atom. The first-order chi connectivity index (χ1) is 12.6. The summed E-state index contributed by atoms with van der Waals surface area (Å²) in [5.74, 6) is 0.362. The molecule has 0 unspecified atom stereocenters. The third kappa shape index (κ3) is 4.88. The van der Waals surface area contributed by atoms with Crippen LogP contribution in [0.15, 0.2) is 30.3 Å². The van der Waals surface area contributed by atoms with E-state index in [0.717, 1.165) is 44.3 Å². The summed E-state index contributed by atoms with van der Waals surface area (Å²) in [6, 6.07) is 7.47. The molecule has 2 aliphatic rings. The van der Waals surface area contributed by atoms with E-state index in [4.69, 9.17) is 11.6 Å². The highest BCUT2D eigenvalue weighted by Crippen LogP contribution is 2.22. The number of carbonyl (C=O) groups excluding carboxylic acids is 2. The van der Waals surface area contributed by atoms with Gasteiger partial charge in [0.05, 0.1) is 0 Å². The van der Waals surface area contributed by atoms with Crippen LogP contribution in [0.4, 0.5) is 0 Å².